The van der Waals surface area contributed by atoms with E-state index in [1.807, 2.05) is 0 Å². The van der Waals surface area contributed by atoms with Crippen molar-refractivity contribution in [3.63, 3.8) is 0 Å². The molecule has 0 aromatic heterocycles. The van der Waals surface area contributed by atoms with Crippen LogP contribution >= 0.6 is 0 Å². The molecule has 0 heterocycles. The van der Waals surface area contributed by atoms with Crippen LogP contribution in [0.1, 0.15) is 58.8 Å². The predicted octanol–water partition coefficient (Wildman–Crippen LogP) is 3.90. The highest BCUT2D eigenvalue weighted by molar-refractivity contribution is 5.03. The molecule has 0 bridgehead atoms. The number of unbranched alkanes of at least 4 members (excludes halogenated alkanes) is 1. The van der Waals surface area contributed by atoms with Crippen molar-refractivity contribution in [1.29, 1.82) is 5.26 Å². The van der Waals surface area contributed by atoms with Crippen LogP contribution in [0.25, 0.3) is 0 Å². The Labute approximate surface area is 82.1 Å². The quantitative estimate of drug-likeness (QED) is 0.642. The summed E-state index contributed by atoms with van der Waals surface area (Å²) >= 11 is 0. The molecule has 0 N–H and O–H groups in total. The molecular weight excluding hydrogens is 158 g/mol. The zero-order chi connectivity index (χ0) is 9.73. The van der Waals surface area contributed by atoms with Gasteiger partial charge in [-0.15, -0.1) is 0 Å². The van der Waals surface area contributed by atoms with E-state index in [0.717, 1.165) is 18.8 Å². The maximum atomic E-state index is 9.21. The van der Waals surface area contributed by atoms with Gasteiger partial charge in [0.15, 0.2) is 0 Å². The minimum absolute atomic E-state index is 0.0662. The highest BCUT2D eigenvalue weighted by Crippen LogP contribution is 2.45. The molecule has 1 saturated carbocycles. The van der Waals surface area contributed by atoms with Gasteiger partial charge in [-0.2, -0.15) is 5.26 Å². The zero-order valence-corrected chi connectivity index (χ0v) is 8.97. The fraction of sp³-hybridized carbons (Fsp3) is 0.917. The first-order valence-electron chi connectivity index (χ1n) is 5.67. The van der Waals surface area contributed by atoms with Gasteiger partial charge in [-0.05, 0) is 31.6 Å². The fourth-order valence-corrected chi connectivity index (χ4v) is 2.49. The summed E-state index contributed by atoms with van der Waals surface area (Å²) in [6, 6.07) is 2.58. The number of hydrogen-bond donors (Lipinski definition) is 0. The Balaban J connectivity index is 2.48. The molecule has 0 aromatic rings. The van der Waals surface area contributed by atoms with Crippen molar-refractivity contribution in [1.82, 2.24) is 0 Å². The van der Waals surface area contributed by atoms with Gasteiger partial charge in [0.1, 0.15) is 0 Å². The van der Waals surface area contributed by atoms with Crippen LogP contribution in [0.4, 0.5) is 0 Å². The van der Waals surface area contributed by atoms with E-state index in [4.69, 9.17) is 0 Å². The van der Waals surface area contributed by atoms with Crippen LogP contribution in [-0.2, 0) is 0 Å². The molecule has 1 fully saturated rings. The van der Waals surface area contributed by atoms with Crippen molar-refractivity contribution in [2.45, 2.75) is 58.8 Å². The molecule has 0 aliphatic heterocycles. The van der Waals surface area contributed by atoms with Gasteiger partial charge in [0.2, 0.25) is 0 Å². The maximum absolute atomic E-state index is 9.21. The third-order valence-corrected chi connectivity index (χ3v) is 3.53. The van der Waals surface area contributed by atoms with Gasteiger partial charge in [0.05, 0.1) is 11.5 Å². The van der Waals surface area contributed by atoms with Gasteiger partial charge in [-0.25, -0.2) is 0 Å². The van der Waals surface area contributed by atoms with E-state index >= 15 is 0 Å². The number of rotatable bonds is 4. The zero-order valence-electron chi connectivity index (χ0n) is 8.97. The minimum atomic E-state index is 0.0662. The third kappa shape index (κ3) is 2.46. The van der Waals surface area contributed by atoms with Gasteiger partial charge in [0, 0.05) is 0 Å². The van der Waals surface area contributed by atoms with Crippen LogP contribution in [0, 0.1) is 22.7 Å². The van der Waals surface area contributed by atoms with E-state index in [9.17, 15) is 5.26 Å². The van der Waals surface area contributed by atoms with E-state index in [1.54, 1.807) is 0 Å². The second-order valence-corrected chi connectivity index (χ2v) is 4.51. The van der Waals surface area contributed by atoms with E-state index in [0.29, 0.717) is 0 Å². The smallest absolute Gasteiger partial charge is 0.0689 e. The van der Waals surface area contributed by atoms with Crippen LogP contribution < -0.4 is 0 Å². The van der Waals surface area contributed by atoms with Crippen LogP contribution in [-0.4, -0.2) is 0 Å². The lowest BCUT2D eigenvalue weighted by Gasteiger charge is -2.20. The van der Waals surface area contributed by atoms with E-state index in [1.165, 1.54) is 32.1 Å². The predicted molar refractivity (Wildman–Crippen MR) is 55.2 cm³/mol. The minimum Gasteiger partial charge on any atom is -0.198 e. The molecule has 1 aliphatic carbocycles. The standard InChI is InChI=1S/C12H21N/c1-3-5-7-12(10-13)8-6-11(4-2)9-12/h11H,3-9H2,1-2H3. The third-order valence-electron chi connectivity index (χ3n) is 3.53. The number of hydrogen-bond acceptors (Lipinski definition) is 1. The molecule has 13 heavy (non-hydrogen) atoms. The molecule has 0 aromatic carbocycles. The summed E-state index contributed by atoms with van der Waals surface area (Å²) in [4.78, 5) is 0. The molecule has 0 spiro atoms. The lowest BCUT2D eigenvalue weighted by atomic mass is 9.82. The summed E-state index contributed by atoms with van der Waals surface area (Å²) in [5.41, 5.74) is 0.0662. The molecule has 1 nitrogen and oxygen atoms in total. The SMILES string of the molecule is CCCCC1(C#N)CCC(CC)C1. The molecule has 1 heteroatoms. The van der Waals surface area contributed by atoms with Gasteiger partial charge >= 0.3 is 0 Å². The highest BCUT2D eigenvalue weighted by Gasteiger charge is 2.37. The maximum Gasteiger partial charge on any atom is 0.0689 e. The fourth-order valence-electron chi connectivity index (χ4n) is 2.49. The Kier molecular flexibility index (Phi) is 3.78. The Morgan fingerprint density at radius 3 is 2.69 bits per heavy atom. The van der Waals surface area contributed by atoms with E-state index in [-0.39, 0.29) is 5.41 Å². The van der Waals surface area contributed by atoms with Crippen molar-refractivity contribution in [3.05, 3.63) is 0 Å². The Morgan fingerprint density at radius 2 is 2.23 bits per heavy atom. The van der Waals surface area contributed by atoms with Crippen molar-refractivity contribution in [2.24, 2.45) is 11.3 Å². The Bertz CT molecular complexity index is 192. The van der Waals surface area contributed by atoms with Crippen LogP contribution in [0.2, 0.25) is 0 Å². The average molecular weight is 179 g/mol. The van der Waals surface area contributed by atoms with Gasteiger partial charge in [0.25, 0.3) is 0 Å². The lowest BCUT2D eigenvalue weighted by Crippen LogP contribution is -2.14. The first-order valence-corrected chi connectivity index (χ1v) is 5.67. The van der Waals surface area contributed by atoms with Crippen LogP contribution in [0.5, 0.6) is 0 Å². The second kappa shape index (κ2) is 4.65. The average Bonchev–Trinajstić information content (AvgIpc) is 2.59. The first kappa shape index (κ1) is 10.6. The normalized spacial score (nSPS) is 33.2. The summed E-state index contributed by atoms with van der Waals surface area (Å²) in [7, 11) is 0. The van der Waals surface area contributed by atoms with Crippen molar-refractivity contribution in [3.8, 4) is 6.07 Å². The first-order chi connectivity index (χ1) is 6.26. The van der Waals surface area contributed by atoms with Gasteiger partial charge in [-0.1, -0.05) is 33.1 Å². The highest BCUT2D eigenvalue weighted by atomic mass is 14.4. The molecule has 1 aliphatic rings. The summed E-state index contributed by atoms with van der Waals surface area (Å²) in [5, 5.41) is 9.21. The van der Waals surface area contributed by atoms with Crippen LogP contribution in [0.3, 0.4) is 0 Å². The second-order valence-electron chi connectivity index (χ2n) is 4.51. The van der Waals surface area contributed by atoms with Crippen molar-refractivity contribution in [2.75, 3.05) is 0 Å². The molecule has 2 atom stereocenters. The number of nitrogens with zero attached hydrogens (tertiary/aromatic N) is 1. The van der Waals surface area contributed by atoms with E-state index < -0.39 is 0 Å². The van der Waals surface area contributed by atoms with E-state index in [2.05, 4.69) is 19.9 Å². The molecule has 0 radical (unpaired) electrons. The molecule has 2 unspecified atom stereocenters. The molecular formula is C12H21N. The van der Waals surface area contributed by atoms with Crippen molar-refractivity contribution < 1.29 is 0 Å². The molecule has 0 saturated heterocycles. The summed E-state index contributed by atoms with van der Waals surface area (Å²) < 4.78 is 0. The largest absolute Gasteiger partial charge is 0.198 e. The van der Waals surface area contributed by atoms with Crippen molar-refractivity contribution >= 4 is 0 Å². The van der Waals surface area contributed by atoms with Crippen LogP contribution in [0.15, 0.2) is 0 Å². The summed E-state index contributed by atoms with van der Waals surface area (Å²) in [5.74, 6) is 0.830. The number of nitriles is 1. The van der Waals surface area contributed by atoms with Gasteiger partial charge < -0.3 is 0 Å². The Morgan fingerprint density at radius 1 is 1.46 bits per heavy atom. The summed E-state index contributed by atoms with van der Waals surface area (Å²) in [6.45, 7) is 4.45. The molecule has 0 amide bonds. The summed E-state index contributed by atoms with van der Waals surface area (Å²) in [6.07, 6.45) is 8.45. The lowest BCUT2D eigenvalue weighted by molar-refractivity contribution is 0.344. The monoisotopic (exact) mass is 179 g/mol. The molecule has 74 valence electrons. The molecule has 1 rings (SSSR count). The van der Waals surface area contributed by atoms with Gasteiger partial charge in [-0.3, -0.25) is 0 Å². The Hall–Kier alpha value is -0.510. The topological polar surface area (TPSA) is 23.8 Å².